The second-order valence-corrected chi connectivity index (χ2v) is 4.56. The van der Waals surface area contributed by atoms with Crippen molar-refractivity contribution in [1.82, 2.24) is 9.38 Å². The van der Waals surface area contributed by atoms with Crippen LogP contribution in [0.25, 0.3) is 17.1 Å². The Balaban J connectivity index is 2.37. The lowest BCUT2D eigenvalue weighted by molar-refractivity contribution is 0.445. The third-order valence-corrected chi connectivity index (χ3v) is 3.18. The molecule has 0 bridgehead atoms. The molecule has 3 aromatic heterocycles. The van der Waals surface area contributed by atoms with E-state index in [2.05, 4.69) is 20.9 Å². The lowest BCUT2D eigenvalue weighted by atomic mass is 10.4. The van der Waals surface area contributed by atoms with Crippen LogP contribution < -0.4 is 0 Å². The Bertz CT molecular complexity index is 705. The maximum absolute atomic E-state index is 9.86. The molecule has 1 N–H and O–H groups in total. The van der Waals surface area contributed by atoms with E-state index in [9.17, 15) is 5.11 Å². The number of hydrogen-bond acceptors (Lipinski definition) is 3. The summed E-state index contributed by atoms with van der Waals surface area (Å²) in [5.74, 6) is 1.08. The summed E-state index contributed by atoms with van der Waals surface area (Å²) in [6.45, 7) is 0. The molecule has 3 heterocycles. The van der Waals surface area contributed by atoms with Crippen molar-refractivity contribution in [3.8, 4) is 17.5 Å². The second kappa shape index (κ2) is 3.78. The van der Waals surface area contributed by atoms with Gasteiger partial charge in [-0.2, -0.15) is 0 Å². The van der Waals surface area contributed by atoms with Crippen molar-refractivity contribution in [3.63, 3.8) is 0 Å². The Morgan fingerprint density at radius 1 is 1.29 bits per heavy atom. The molecule has 17 heavy (non-hydrogen) atoms. The van der Waals surface area contributed by atoms with Crippen LogP contribution >= 0.6 is 27.5 Å². The molecule has 0 saturated heterocycles. The number of imidazole rings is 1. The van der Waals surface area contributed by atoms with E-state index in [4.69, 9.17) is 16.0 Å². The first-order valence-corrected chi connectivity index (χ1v) is 5.95. The third kappa shape index (κ3) is 1.62. The molecule has 0 atom stereocenters. The number of nitrogens with zero attached hydrogens (tertiary/aromatic N) is 2. The molecule has 0 amide bonds. The Morgan fingerprint density at radius 2 is 2.12 bits per heavy atom. The summed E-state index contributed by atoms with van der Waals surface area (Å²) in [4.78, 5) is 4.30. The van der Waals surface area contributed by atoms with Gasteiger partial charge in [-0.15, -0.1) is 0 Å². The normalized spacial score (nSPS) is 11.2. The Kier molecular flexibility index (Phi) is 2.38. The zero-order valence-electron chi connectivity index (χ0n) is 8.39. The highest BCUT2D eigenvalue weighted by Gasteiger charge is 2.16. The quantitative estimate of drug-likeness (QED) is 0.745. The molecule has 0 aliphatic heterocycles. The van der Waals surface area contributed by atoms with Crippen LogP contribution in [-0.2, 0) is 0 Å². The lowest BCUT2D eigenvalue weighted by Crippen LogP contribution is -1.88. The summed E-state index contributed by atoms with van der Waals surface area (Å²) in [5, 5.41) is 10.1. The molecule has 0 unspecified atom stereocenters. The molecular weight excluding hydrogens is 307 g/mol. The third-order valence-electron chi connectivity index (χ3n) is 2.39. The van der Waals surface area contributed by atoms with E-state index in [0.29, 0.717) is 16.2 Å². The average Bonchev–Trinajstić information content (AvgIpc) is 2.85. The van der Waals surface area contributed by atoms with E-state index in [1.165, 1.54) is 0 Å². The van der Waals surface area contributed by atoms with Gasteiger partial charge < -0.3 is 9.52 Å². The van der Waals surface area contributed by atoms with Crippen LogP contribution in [0.5, 0.6) is 5.88 Å². The predicted octanol–water partition coefficient (Wildman–Crippen LogP) is 3.72. The number of aromatic nitrogens is 2. The smallest absolute Gasteiger partial charge is 0.197 e. The summed E-state index contributed by atoms with van der Waals surface area (Å²) in [5.41, 5.74) is 0.757. The van der Waals surface area contributed by atoms with E-state index >= 15 is 0 Å². The van der Waals surface area contributed by atoms with Gasteiger partial charge in [0.15, 0.2) is 22.7 Å². The number of halogens is 2. The fourth-order valence-electron chi connectivity index (χ4n) is 1.68. The summed E-state index contributed by atoms with van der Waals surface area (Å²) in [7, 11) is 0. The predicted molar refractivity (Wildman–Crippen MR) is 67.3 cm³/mol. The minimum atomic E-state index is 0.0863. The molecule has 0 fully saturated rings. The summed E-state index contributed by atoms with van der Waals surface area (Å²) < 4.78 is 7.51. The molecule has 3 aromatic rings. The van der Waals surface area contributed by atoms with Crippen molar-refractivity contribution >= 4 is 33.0 Å². The molecule has 6 heteroatoms. The average molecular weight is 314 g/mol. The first-order valence-electron chi connectivity index (χ1n) is 4.78. The fraction of sp³-hybridized carbons (Fsp3) is 0. The summed E-state index contributed by atoms with van der Waals surface area (Å²) in [6, 6.07) is 8.50. The van der Waals surface area contributed by atoms with E-state index in [-0.39, 0.29) is 11.1 Å². The van der Waals surface area contributed by atoms with Crippen LogP contribution in [0.1, 0.15) is 0 Å². The van der Waals surface area contributed by atoms with Crippen molar-refractivity contribution in [2.24, 2.45) is 0 Å². The van der Waals surface area contributed by atoms with Gasteiger partial charge >= 0.3 is 0 Å². The van der Waals surface area contributed by atoms with E-state index in [1.807, 2.05) is 6.07 Å². The Hall–Kier alpha value is -1.46. The first-order chi connectivity index (χ1) is 8.16. The molecule has 0 aliphatic carbocycles. The van der Waals surface area contributed by atoms with Gasteiger partial charge in [0, 0.05) is 0 Å². The molecule has 4 nitrogen and oxygen atoms in total. The highest BCUT2D eigenvalue weighted by molar-refractivity contribution is 9.10. The molecular formula is C11H6BrClN2O2. The minimum absolute atomic E-state index is 0.0863. The second-order valence-electron chi connectivity index (χ2n) is 3.43. The van der Waals surface area contributed by atoms with Crippen molar-refractivity contribution in [1.29, 1.82) is 0 Å². The van der Waals surface area contributed by atoms with Crippen molar-refractivity contribution in [2.75, 3.05) is 0 Å². The number of hydrogen-bond donors (Lipinski definition) is 1. The highest BCUT2D eigenvalue weighted by atomic mass is 79.9. The Morgan fingerprint density at radius 3 is 2.82 bits per heavy atom. The van der Waals surface area contributed by atoms with Gasteiger partial charge in [0.2, 0.25) is 0 Å². The topological polar surface area (TPSA) is 50.7 Å². The van der Waals surface area contributed by atoms with E-state index in [0.717, 1.165) is 5.52 Å². The molecule has 0 saturated carbocycles. The van der Waals surface area contributed by atoms with Crippen molar-refractivity contribution in [2.45, 2.75) is 0 Å². The zero-order chi connectivity index (χ0) is 12.0. The van der Waals surface area contributed by atoms with Crippen LogP contribution in [0.4, 0.5) is 0 Å². The SMILES string of the molecule is Oc1cccc2c(Br)nc(-c3ccc(Cl)o3)n12. The summed E-state index contributed by atoms with van der Waals surface area (Å²) >= 11 is 9.07. The van der Waals surface area contributed by atoms with Gasteiger partial charge in [0.1, 0.15) is 4.60 Å². The van der Waals surface area contributed by atoms with Crippen LogP contribution in [-0.4, -0.2) is 14.5 Å². The van der Waals surface area contributed by atoms with Crippen LogP contribution in [0.3, 0.4) is 0 Å². The van der Waals surface area contributed by atoms with Gasteiger partial charge in [-0.3, -0.25) is 4.40 Å². The highest BCUT2D eigenvalue weighted by Crippen LogP contribution is 2.31. The number of rotatable bonds is 1. The number of pyridine rings is 1. The molecule has 0 spiro atoms. The number of fused-ring (bicyclic) bond motifs is 1. The lowest BCUT2D eigenvalue weighted by Gasteiger charge is -2.00. The minimum Gasteiger partial charge on any atom is -0.494 e. The van der Waals surface area contributed by atoms with E-state index in [1.54, 1.807) is 28.7 Å². The molecule has 3 rings (SSSR count). The zero-order valence-corrected chi connectivity index (χ0v) is 10.7. The van der Waals surface area contributed by atoms with Gasteiger partial charge in [-0.05, 0) is 51.8 Å². The van der Waals surface area contributed by atoms with Crippen LogP contribution in [0, 0.1) is 0 Å². The summed E-state index contributed by atoms with van der Waals surface area (Å²) in [6.07, 6.45) is 0. The maximum Gasteiger partial charge on any atom is 0.197 e. The van der Waals surface area contributed by atoms with Gasteiger partial charge in [0.05, 0.1) is 5.52 Å². The van der Waals surface area contributed by atoms with Gasteiger partial charge in [-0.25, -0.2) is 4.98 Å². The van der Waals surface area contributed by atoms with Crippen molar-refractivity contribution < 1.29 is 9.52 Å². The first kappa shape index (κ1) is 10.7. The standard InChI is InChI=1S/C11H6BrClN2O2/c12-10-6-2-1-3-9(16)15(6)11(14-10)7-4-5-8(13)17-7/h1-5,16H. The molecule has 0 radical (unpaired) electrons. The van der Waals surface area contributed by atoms with Crippen LogP contribution in [0.15, 0.2) is 39.4 Å². The van der Waals surface area contributed by atoms with Crippen LogP contribution in [0.2, 0.25) is 5.22 Å². The van der Waals surface area contributed by atoms with Crippen molar-refractivity contribution in [3.05, 3.63) is 40.2 Å². The number of furan rings is 1. The molecule has 0 aliphatic rings. The monoisotopic (exact) mass is 312 g/mol. The van der Waals surface area contributed by atoms with Gasteiger partial charge in [-0.1, -0.05) is 6.07 Å². The largest absolute Gasteiger partial charge is 0.494 e. The van der Waals surface area contributed by atoms with Gasteiger partial charge in [0.25, 0.3) is 0 Å². The number of aromatic hydroxyl groups is 1. The fourth-order valence-corrected chi connectivity index (χ4v) is 2.30. The molecule has 86 valence electrons. The molecule has 0 aromatic carbocycles. The van der Waals surface area contributed by atoms with E-state index < -0.39 is 0 Å². The maximum atomic E-state index is 9.86. The Labute approximate surface area is 110 Å².